The van der Waals surface area contributed by atoms with E-state index >= 15 is 0 Å². The standard InChI is InChI=1S/C38H51NO3/c1-27-12-10-11-15-30(27)25-39-32-20-21-34-33(24-32)35(40-23-22-28-13-8-7-9-14-28)36(38(5,6)42-34)41-26-29-16-18-31(19-17-29)37(2,3)4/h10-12,15-21,24,28,35-36,39H,7-9,13-14,22-23,25-26H2,1-6H3. The zero-order valence-corrected chi connectivity index (χ0v) is 26.7. The molecule has 1 aliphatic heterocycles. The summed E-state index contributed by atoms with van der Waals surface area (Å²) < 4.78 is 20.2. The van der Waals surface area contributed by atoms with Crippen LogP contribution in [0.25, 0.3) is 0 Å². The highest BCUT2D eigenvalue weighted by Crippen LogP contribution is 2.45. The number of ether oxygens (including phenoxy) is 3. The number of hydrogen-bond donors (Lipinski definition) is 1. The molecular weight excluding hydrogens is 518 g/mol. The first-order chi connectivity index (χ1) is 20.1. The molecule has 0 bridgehead atoms. The minimum absolute atomic E-state index is 0.129. The van der Waals surface area contributed by atoms with Gasteiger partial charge in [0.2, 0.25) is 0 Å². The van der Waals surface area contributed by atoms with Crippen molar-refractivity contribution >= 4 is 5.69 Å². The molecule has 3 aromatic carbocycles. The first kappa shape index (κ1) is 30.6. The molecule has 4 nitrogen and oxygen atoms in total. The molecule has 0 amide bonds. The lowest BCUT2D eigenvalue weighted by molar-refractivity contribution is -0.168. The molecular formula is C38H51NO3. The van der Waals surface area contributed by atoms with Gasteiger partial charge in [0, 0.05) is 24.4 Å². The maximum absolute atomic E-state index is 6.82. The van der Waals surface area contributed by atoms with Gasteiger partial charge in [-0.2, -0.15) is 0 Å². The Kier molecular flexibility index (Phi) is 9.64. The van der Waals surface area contributed by atoms with Crippen LogP contribution >= 0.6 is 0 Å². The lowest BCUT2D eigenvalue weighted by Gasteiger charge is -2.44. The van der Waals surface area contributed by atoms with E-state index in [0.717, 1.165) is 42.5 Å². The van der Waals surface area contributed by atoms with E-state index in [9.17, 15) is 0 Å². The highest BCUT2D eigenvalue weighted by Gasteiger charge is 2.45. The monoisotopic (exact) mass is 569 g/mol. The van der Waals surface area contributed by atoms with Gasteiger partial charge in [0.15, 0.2) is 0 Å². The Morgan fingerprint density at radius 1 is 0.905 bits per heavy atom. The molecule has 0 radical (unpaired) electrons. The van der Waals surface area contributed by atoms with Crippen molar-refractivity contribution in [3.05, 3.63) is 94.5 Å². The molecule has 1 fully saturated rings. The summed E-state index contributed by atoms with van der Waals surface area (Å²) in [5.41, 5.74) is 6.82. The van der Waals surface area contributed by atoms with Crippen LogP contribution in [0.4, 0.5) is 5.69 Å². The van der Waals surface area contributed by atoms with Crippen molar-refractivity contribution in [2.45, 2.75) is 116 Å². The van der Waals surface area contributed by atoms with Crippen LogP contribution in [0.5, 0.6) is 5.75 Å². The van der Waals surface area contributed by atoms with Crippen LogP contribution in [0.15, 0.2) is 66.7 Å². The lowest BCUT2D eigenvalue weighted by atomic mass is 9.86. The van der Waals surface area contributed by atoms with Gasteiger partial charge < -0.3 is 19.5 Å². The minimum Gasteiger partial charge on any atom is -0.485 e. The molecule has 0 spiro atoms. The van der Waals surface area contributed by atoms with Crippen molar-refractivity contribution < 1.29 is 14.2 Å². The second-order valence-electron chi connectivity index (χ2n) is 14.0. The average Bonchev–Trinajstić information content (AvgIpc) is 2.96. The average molecular weight is 570 g/mol. The van der Waals surface area contributed by atoms with Gasteiger partial charge in [0.1, 0.15) is 23.6 Å². The predicted octanol–water partition coefficient (Wildman–Crippen LogP) is 9.69. The van der Waals surface area contributed by atoms with Crippen molar-refractivity contribution in [2.75, 3.05) is 11.9 Å². The van der Waals surface area contributed by atoms with Gasteiger partial charge in [0.05, 0.1) is 6.61 Å². The molecule has 0 saturated heterocycles. The minimum atomic E-state index is -0.538. The number of rotatable bonds is 10. The van der Waals surface area contributed by atoms with Gasteiger partial charge in [0.25, 0.3) is 0 Å². The van der Waals surface area contributed by atoms with E-state index in [1.54, 1.807) is 0 Å². The van der Waals surface area contributed by atoms with Gasteiger partial charge in [-0.1, -0.05) is 101 Å². The molecule has 2 unspecified atom stereocenters. The third-order valence-corrected chi connectivity index (χ3v) is 9.19. The summed E-state index contributed by atoms with van der Waals surface area (Å²) in [7, 11) is 0. The normalized spacial score (nSPS) is 20.5. The Bertz CT molecular complexity index is 1300. The Hall–Kier alpha value is -2.82. The molecule has 1 saturated carbocycles. The summed E-state index contributed by atoms with van der Waals surface area (Å²) in [4.78, 5) is 0. The summed E-state index contributed by atoms with van der Waals surface area (Å²) in [5.74, 6) is 1.66. The van der Waals surface area contributed by atoms with Crippen LogP contribution in [0.1, 0.15) is 107 Å². The van der Waals surface area contributed by atoms with Crippen LogP contribution in [-0.2, 0) is 28.0 Å². The summed E-state index contributed by atoms with van der Waals surface area (Å²) >= 11 is 0. The molecule has 5 rings (SSSR count). The number of benzene rings is 3. The highest BCUT2D eigenvalue weighted by atomic mass is 16.6. The third-order valence-electron chi connectivity index (χ3n) is 9.19. The quantitative estimate of drug-likeness (QED) is 0.264. The summed E-state index contributed by atoms with van der Waals surface area (Å²) in [5, 5.41) is 3.64. The van der Waals surface area contributed by atoms with Crippen molar-refractivity contribution in [3.8, 4) is 5.75 Å². The first-order valence-corrected chi connectivity index (χ1v) is 16.0. The van der Waals surface area contributed by atoms with Crippen LogP contribution in [0, 0.1) is 12.8 Å². The van der Waals surface area contributed by atoms with E-state index in [0.29, 0.717) is 6.61 Å². The Morgan fingerprint density at radius 3 is 2.36 bits per heavy atom. The first-order valence-electron chi connectivity index (χ1n) is 16.0. The maximum atomic E-state index is 6.82. The molecule has 42 heavy (non-hydrogen) atoms. The molecule has 226 valence electrons. The second-order valence-corrected chi connectivity index (χ2v) is 14.0. The Balaban J connectivity index is 1.36. The van der Waals surface area contributed by atoms with Gasteiger partial charge >= 0.3 is 0 Å². The molecule has 1 aliphatic carbocycles. The zero-order valence-electron chi connectivity index (χ0n) is 26.7. The maximum Gasteiger partial charge on any atom is 0.132 e. The number of aryl methyl sites for hydroxylation is 1. The second kappa shape index (κ2) is 13.2. The molecule has 2 atom stereocenters. The topological polar surface area (TPSA) is 39.7 Å². The molecule has 1 heterocycles. The summed E-state index contributed by atoms with van der Waals surface area (Å²) in [6, 6.07) is 23.8. The van der Waals surface area contributed by atoms with Crippen molar-refractivity contribution in [2.24, 2.45) is 5.92 Å². The van der Waals surface area contributed by atoms with Gasteiger partial charge in [-0.15, -0.1) is 0 Å². The van der Waals surface area contributed by atoms with Gasteiger partial charge in [-0.25, -0.2) is 0 Å². The predicted molar refractivity (Wildman–Crippen MR) is 173 cm³/mol. The molecule has 2 aliphatic rings. The smallest absolute Gasteiger partial charge is 0.132 e. The molecule has 3 aromatic rings. The zero-order chi connectivity index (χ0) is 29.7. The Morgan fingerprint density at radius 2 is 1.64 bits per heavy atom. The van der Waals surface area contributed by atoms with Gasteiger partial charge in [-0.3, -0.25) is 0 Å². The number of fused-ring (bicyclic) bond motifs is 1. The molecule has 0 aromatic heterocycles. The number of nitrogens with one attached hydrogen (secondary N) is 1. The van der Waals surface area contributed by atoms with Crippen LogP contribution in [0.2, 0.25) is 0 Å². The molecule has 4 heteroatoms. The van der Waals surface area contributed by atoms with Crippen LogP contribution in [0.3, 0.4) is 0 Å². The summed E-state index contributed by atoms with van der Waals surface area (Å²) in [6.07, 6.45) is 7.41. The van der Waals surface area contributed by atoms with Crippen molar-refractivity contribution in [1.82, 2.24) is 0 Å². The number of hydrogen-bond acceptors (Lipinski definition) is 4. The fourth-order valence-corrected chi connectivity index (χ4v) is 6.44. The summed E-state index contributed by atoms with van der Waals surface area (Å²) in [6.45, 7) is 15.2. The van der Waals surface area contributed by atoms with Crippen LogP contribution < -0.4 is 10.1 Å². The van der Waals surface area contributed by atoms with E-state index in [4.69, 9.17) is 14.2 Å². The van der Waals surface area contributed by atoms with Gasteiger partial charge in [-0.05, 0) is 79.0 Å². The van der Waals surface area contributed by atoms with Crippen molar-refractivity contribution in [3.63, 3.8) is 0 Å². The van der Waals surface area contributed by atoms with E-state index in [-0.39, 0.29) is 17.6 Å². The largest absolute Gasteiger partial charge is 0.485 e. The number of anilines is 1. The fourth-order valence-electron chi connectivity index (χ4n) is 6.44. The Labute approximate surface area is 254 Å². The van der Waals surface area contributed by atoms with Crippen LogP contribution in [-0.4, -0.2) is 18.3 Å². The molecule has 1 N–H and O–H groups in total. The van der Waals surface area contributed by atoms with E-state index in [2.05, 4.69) is 114 Å². The van der Waals surface area contributed by atoms with E-state index in [1.807, 2.05) is 0 Å². The van der Waals surface area contributed by atoms with E-state index < -0.39 is 5.60 Å². The van der Waals surface area contributed by atoms with E-state index in [1.165, 1.54) is 54.4 Å². The van der Waals surface area contributed by atoms with Crippen molar-refractivity contribution in [1.29, 1.82) is 0 Å². The SMILES string of the molecule is Cc1ccccc1CNc1ccc2c(c1)C(OCCC1CCCCC1)C(OCc1ccc(C(C)(C)C)cc1)C(C)(C)O2. The highest BCUT2D eigenvalue weighted by molar-refractivity contribution is 5.54. The third kappa shape index (κ3) is 7.57. The lowest BCUT2D eigenvalue weighted by Crippen LogP contribution is -2.51. The fraction of sp³-hybridized carbons (Fsp3) is 0.526.